The lowest BCUT2D eigenvalue weighted by molar-refractivity contribution is 0.308. The minimum atomic E-state index is -0.512. The van der Waals surface area contributed by atoms with Crippen molar-refractivity contribution in [3.8, 4) is 67.7 Å². The third kappa shape index (κ3) is 4.70. The molecule has 8 aromatic rings. The molecule has 0 amide bonds. The van der Waals surface area contributed by atoms with E-state index >= 15 is 0 Å². The normalized spacial score (nSPS) is 22.1. The predicted octanol–water partition coefficient (Wildman–Crippen LogP) is 13.7. The molecular weight excluding hydrogens is 717 g/mol. The van der Waals surface area contributed by atoms with Crippen LogP contribution in [0.1, 0.15) is 59.9 Å². The molecule has 2 heterocycles. The highest BCUT2D eigenvalue weighted by molar-refractivity contribution is 5.90. The van der Waals surface area contributed by atoms with Gasteiger partial charge in [0.25, 0.3) is 0 Å². The average Bonchev–Trinajstić information content (AvgIpc) is 4.01. The fraction of sp³-hybridized carbons (Fsp3) is 0.179. The maximum atomic E-state index is 7.06. The molecule has 1 aromatic heterocycles. The monoisotopic (exact) mass is 758 g/mol. The number of para-hydroxylation sites is 2. The van der Waals surface area contributed by atoms with Crippen LogP contribution in [0.3, 0.4) is 0 Å². The molecule has 5 aliphatic rings. The predicted molar refractivity (Wildman–Crippen MR) is 236 cm³/mol. The molecule has 3 saturated carbocycles. The zero-order valence-electron chi connectivity index (χ0n) is 32.8. The first-order valence-electron chi connectivity index (χ1n) is 21.4. The lowest BCUT2D eigenvalue weighted by atomic mass is 9.65. The van der Waals surface area contributed by atoms with E-state index in [1.165, 1.54) is 71.0 Å². The van der Waals surface area contributed by atoms with Crippen molar-refractivity contribution >= 4 is 0 Å². The van der Waals surface area contributed by atoms with Gasteiger partial charge in [0.1, 0.15) is 11.5 Å². The van der Waals surface area contributed by atoms with E-state index in [9.17, 15) is 0 Å². The van der Waals surface area contributed by atoms with Gasteiger partial charge in [-0.1, -0.05) is 158 Å². The van der Waals surface area contributed by atoms with Crippen molar-refractivity contribution < 1.29 is 4.74 Å². The molecule has 0 radical (unpaired) electrons. The molecule has 4 aliphatic carbocycles. The van der Waals surface area contributed by atoms with Crippen molar-refractivity contribution in [3.05, 3.63) is 204 Å². The number of rotatable bonds is 5. The van der Waals surface area contributed by atoms with Crippen LogP contribution in [0.15, 0.2) is 176 Å². The maximum absolute atomic E-state index is 7.06. The highest BCUT2D eigenvalue weighted by Gasteiger charge is 2.59. The summed E-state index contributed by atoms with van der Waals surface area (Å²) in [4.78, 5) is 10.9. The SMILES string of the molecule is c1ccc(-c2cc(-c3cccc(-c4cccc5c4Oc4ccccc4C54c5ccccc5-c5ccccc54)c3)nc(-c3ccccc3C34CC5[C@H](CC[C@H]5C3)C4)n2)cc1. The zero-order valence-corrected chi connectivity index (χ0v) is 32.8. The molecule has 1 aliphatic heterocycles. The molecule has 3 nitrogen and oxygen atoms in total. The Bertz CT molecular complexity index is 2940. The summed E-state index contributed by atoms with van der Waals surface area (Å²) in [5.41, 5.74) is 16.0. The fourth-order valence-electron chi connectivity index (χ4n) is 12.7. The fourth-order valence-corrected chi connectivity index (χ4v) is 12.7. The maximum Gasteiger partial charge on any atom is 0.160 e. The molecule has 282 valence electrons. The summed E-state index contributed by atoms with van der Waals surface area (Å²) in [5, 5.41) is 0. The largest absolute Gasteiger partial charge is 0.456 e. The number of benzene rings is 7. The molecule has 2 bridgehead atoms. The Balaban J connectivity index is 0.981. The molecule has 7 aromatic carbocycles. The Morgan fingerprint density at radius 2 is 0.966 bits per heavy atom. The third-order valence-corrected chi connectivity index (χ3v) is 14.9. The number of ether oxygens (including phenoxy) is 1. The van der Waals surface area contributed by atoms with Gasteiger partial charge < -0.3 is 4.74 Å². The van der Waals surface area contributed by atoms with Gasteiger partial charge in [-0.15, -0.1) is 0 Å². The van der Waals surface area contributed by atoms with Gasteiger partial charge in [0.05, 0.1) is 16.8 Å². The molecule has 3 heteroatoms. The van der Waals surface area contributed by atoms with E-state index in [0.29, 0.717) is 0 Å². The van der Waals surface area contributed by atoms with Crippen LogP contribution in [0.2, 0.25) is 0 Å². The second-order valence-corrected chi connectivity index (χ2v) is 17.7. The van der Waals surface area contributed by atoms with Crippen LogP contribution >= 0.6 is 0 Å². The summed E-state index contributed by atoms with van der Waals surface area (Å²) in [6, 6.07) is 63.9. The van der Waals surface area contributed by atoms with Crippen molar-refractivity contribution in [3.63, 3.8) is 0 Å². The number of aromatic nitrogens is 2. The highest BCUT2D eigenvalue weighted by atomic mass is 16.5. The average molecular weight is 759 g/mol. The molecule has 0 saturated heterocycles. The summed E-state index contributed by atoms with van der Waals surface area (Å²) in [6.07, 6.45) is 6.75. The summed E-state index contributed by atoms with van der Waals surface area (Å²) in [7, 11) is 0. The minimum absolute atomic E-state index is 0.238. The molecular formula is C56H42N2O. The van der Waals surface area contributed by atoms with E-state index in [1.54, 1.807) is 0 Å². The number of fused-ring (bicyclic) bond motifs is 10. The van der Waals surface area contributed by atoms with Gasteiger partial charge in [0.15, 0.2) is 5.82 Å². The van der Waals surface area contributed by atoms with Crippen LogP contribution in [-0.4, -0.2) is 9.97 Å². The standard InChI is InChI=1S/C56H42N2O/c1-2-14-35(15-3-1)50-31-51(58-54(57-50)43-20-6-7-22-45(43)55-32-38-28-29-39(33-55)44(38)34-55)37-17-12-16-36(30-37)40-21-13-26-49-53(40)59-52-27-11-10-25-48(52)56(49)46-23-8-4-18-41(46)42-19-5-9-24-47(42)56/h1-27,30-31,38-39,44H,28-29,32-34H2/t38-,39+,44?,55?. The molecule has 13 rings (SSSR count). The summed E-state index contributed by atoms with van der Waals surface area (Å²) in [6.45, 7) is 0. The Labute approximate surface area is 345 Å². The summed E-state index contributed by atoms with van der Waals surface area (Å²) >= 11 is 0. The minimum Gasteiger partial charge on any atom is -0.456 e. The van der Waals surface area contributed by atoms with Crippen molar-refractivity contribution in [2.75, 3.05) is 0 Å². The van der Waals surface area contributed by atoms with E-state index in [1.807, 2.05) is 0 Å². The summed E-state index contributed by atoms with van der Waals surface area (Å²) < 4.78 is 7.06. The van der Waals surface area contributed by atoms with Crippen molar-refractivity contribution in [1.29, 1.82) is 0 Å². The Morgan fingerprint density at radius 3 is 1.69 bits per heavy atom. The van der Waals surface area contributed by atoms with Crippen molar-refractivity contribution in [2.45, 2.75) is 42.9 Å². The molecule has 0 N–H and O–H groups in total. The first-order chi connectivity index (χ1) is 29.2. The molecule has 4 atom stereocenters. The quantitative estimate of drug-likeness (QED) is 0.175. The van der Waals surface area contributed by atoms with Crippen LogP contribution in [-0.2, 0) is 10.8 Å². The van der Waals surface area contributed by atoms with E-state index in [2.05, 4.69) is 176 Å². The molecule has 2 unspecified atom stereocenters. The second-order valence-electron chi connectivity index (χ2n) is 17.7. The Kier molecular flexibility index (Phi) is 7.05. The van der Waals surface area contributed by atoms with E-state index in [4.69, 9.17) is 14.7 Å². The van der Waals surface area contributed by atoms with Gasteiger partial charge >= 0.3 is 0 Å². The first-order valence-corrected chi connectivity index (χ1v) is 21.4. The molecule has 1 spiro atoms. The zero-order chi connectivity index (χ0) is 38.7. The van der Waals surface area contributed by atoms with Gasteiger partial charge in [-0.25, -0.2) is 9.97 Å². The topological polar surface area (TPSA) is 35.0 Å². The van der Waals surface area contributed by atoms with Gasteiger partial charge in [0.2, 0.25) is 0 Å². The number of nitrogens with zero attached hydrogens (tertiary/aromatic N) is 2. The van der Waals surface area contributed by atoms with Gasteiger partial charge in [-0.3, -0.25) is 0 Å². The van der Waals surface area contributed by atoms with Crippen LogP contribution in [0, 0.1) is 17.8 Å². The highest BCUT2D eigenvalue weighted by Crippen LogP contribution is 2.67. The second kappa shape index (κ2) is 12.5. The van der Waals surface area contributed by atoms with Crippen LogP contribution in [0.25, 0.3) is 56.2 Å². The van der Waals surface area contributed by atoms with E-state index in [0.717, 1.165) is 74.3 Å². The van der Waals surface area contributed by atoms with Crippen LogP contribution in [0.5, 0.6) is 11.5 Å². The first kappa shape index (κ1) is 33.4. The van der Waals surface area contributed by atoms with Gasteiger partial charge in [-0.05, 0) is 107 Å². The number of hydrogen-bond acceptors (Lipinski definition) is 3. The number of hydrogen-bond donors (Lipinski definition) is 0. The van der Waals surface area contributed by atoms with E-state index < -0.39 is 5.41 Å². The van der Waals surface area contributed by atoms with Crippen molar-refractivity contribution in [2.24, 2.45) is 17.8 Å². The van der Waals surface area contributed by atoms with Gasteiger partial charge in [0, 0.05) is 33.4 Å². The Hall–Kier alpha value is -6.58. The van der Waals surface area contributed by atoms with Gasteiger partial charge in [-0.2, -0.15) is 0 Å². The van der Waals surface area contributed by atoms with Crippen molar-refractivity contribution in [1.82, 2.24) is 9.97 Å². The third-order valence-electron chi connectivity index (χ3n) is 14.9. The Morgan fingerprint density at radius 1 is 0.424 bits per heavy atom. The van der Waals surface area contributed by atoms with Crippen LogP contribution < -0.4 is 4.74 Å². The molecule has 3 fully saturated rings. The molecule has 59 heavy (non-hydrogen) atoms. The van der Waals surface area contributed by atoms with E-state index in [-0.39, 0.29) is 5.41 Å². The lowest BCUT2D eigenvalue weighted by Gasteiger charge is -2.40. The lowest BCUT2D eigenvalue weighted by Crippen LogP contribution is -2.32. The smallest absolute Gasteiger partial charge is 0.160 e. The summed E-state index contributed by atoms with van der Waals surface area (Å²) in [5.74, 6) is 5.27. The van der Waals surface area contributed by atoms with Crippen LogP contribution in [0.4, 0.5) is 0 Å².